The number of carbonyl (C=O) groups excluding carboxylic acids is 1. The first-order chi connectivity index (χ1) is 11.9. The van der Waals surface area contributed by atoms with Gasteiger partial charge in [0.2, 0.25) is 15.9 Å². The number of ether oxygens (including phenoxy) is 1. The lowest BCUT2D eigenvalue weighted by atomic mass is 10.2. The van der Waals surface area contributed by atoms with Crippen molar-refractivity contribution in [2.24, 2.45) is 0 Å². The number of sulfonamides is 1. The molecular formula is C14H9F5N2O4S. The highest BCUT2D eigenvalue weighted by molar-refractivity contribution is 7.89. The van der Waals surface area contributed by atoms with Crippen LogP contribution in [-0.2, 0) is 16.2 Å². The van der Waals surface area contributed by atoms with Gasteiger partial charge in [-0.25, -0.2) is 26.9 Å². The Balaban J connectivity index is 2.40. The summed E-state index contributed by atoms with van der Waals surface area (Å²) >= 11 is 0. The average molecular weight is 396 g/mol. The molecule has 0 atom stereocenters. The number of hydrogen-bond donors (Lipinski definition) is 1. The number of nitrogens with one attached hydrogen (secondary N) is 1. The standard InChI is InChI=1S/C14H9F5N2O4S/c1-26(23,24)21-12(22)7-5-10(16)11(6-9(7)15)25-13-8(14(17,18)19)3-2-4-20-13/h2-6H,1H3,(H,21,22). The predicted molar refractivity (Wildman–Crippen MR) is 78.0 cm³/mol. The van der Waals surface area contributed by atoms with Gasteiger partial charge in [-0.1, -0.05) is 0 Å². The molecule has 2 aromatic rings. The number of amides is 1. The minimum absolute atomic E-state index is 0.293. The second-order valence-electron chi connectivity index (χ2n) is 4.92. The van der Waals surface area contributed by atoms with Gasteiger partial charge in [-0.05, 0) is 18.2 Å². The van der Waals surface area contributed by atoms with Crippen molar-refractivity contribution >= 4 is 15.9 Å². The summed E-state index contributed by atoms with van der Waals surface area (Å²) < 4.78 is 94.6. The van der Waals surface area contributed by atoms with Gasteiger partial charge in [0.05, 0.1) is 11.8 Å². The molecule has 12 heteroatoms. The first kappa shape index (κ1) is 19.6. The van der Waals surface area contributed by atoms with E-state index in [2.05, 4.69) is 9.72 Å². The summed E-state index contributed by atoms with van der Waals surface area (Å²) in [4.78, 5) is 14.9. The molecule has 6 nitrogen and oxygen atoms in total. The lowest BCUT2D eigenvalue weighted by Gasteiger charge is -2.13. The van der Waals surface area contributed by atoms with Crippen molar-refractivity contribution < 1.29 is 39.9 Å². The molecule has 2 rings (SSSR count). The van der Waals surface area contributed by atoms with Gasteiger partial charge in [0.15, 0.2) is 11.6 Å². The Morgan fingerprint density at radius 2 is 1.85 bits per heavy atom. The van der Waals surface area contributed by atoms with E-state index < -0.39 is 56.5 Å². The van der Waals surface area contributed by atoms with Crippen molar-refractivity contribution in [2.45, 2.75) is 6.18 Å². The summed E-state index contributed by atoms with van der Waals surface area (Å²) in [6.07, 6.45) is -3.28. The largest absolute Gasteiger partial charge is 0.435 e. The number of benzene rings is 1. The molecule has 0 spiro atoms. The van der Waals surface area contributed by atoms with Crippen LogP contribution in [0.5, 0.6) is 11.6 Å². The molecule has 1 N–H and O–H groups in total. The minimum atomic E-state index is -4.85. The van der Waals surface area contributed by atoms with Crippen molar-refractivity contribution in [1.29, 1.82) is 0 Å². The van der Waals surface area contributed by atoms with Crippen LogP contribution >= 0.6 is 0 Å². The van der Waals surface area contributed by atoms with Crippen LogP contribution in [0.1, 0.15) is 15.9 Å². The average Bonchev–Trinajstić information content (AvgIpc) is 2.48. The van der Waals surface area contributed by atoms with Crippen LogP contribution in [-0.4, -0.2) is 25.6 Å². The van der Waals surface area contributed by atoms with Gasteiger partial charge in [0, 0.05) is 12.3 Å². The van der Waals surface area contributed by atoms with Crippen LogP contribution in [0.3, 0.4) is 0 Å². The molecule has 1 heterocycles. The molecule has 0 radical (unpaired) electrons. The van der Waals surface area contributed by atoms with Gasteiger partial charge < -0.3 is 4.74 Å². The molecule has 1 aromatic carbocycles. The van der Waals surface area contributed by atoms with Crippen LogP contribution < -0.4 is 9.46 Å². The Labute approximate surface area is 143 Å². The second kappa shape index (κ2) is 6.86. The molecule has 140 valence electrons. The third-order valence-corrected chi connectivity index (χ3v) is 3.38. The highest BCUT2D eigenvalue weighted by atomic mass is 32.2. The zero-order valence-corrected chi connectivity index (χ0v) is 13.6. The van der Waals surface area contributed by atoms with Crippen molar-refractivity contribution in [1.82, 2.24) is 9.71 Å². The molecule has 0 unspecified atom stereocenters. The molecule has 0 bridgehead atoms. The summed E-state index contributed by atoms with van der Waals surface area (Å²) in [5.74, 6) is -6.26. The van der Waals surface area contributed by atoms with E-state index in [0.29, 0.717) is 24.5 Å². The summed E-state index contributed by atoms with van der Waals surface area (Å²) in [6, 6.07) is 2.21. The highest BCUT2D eigenvalue weighted by Crippen LogP contribution is 2.37. The maximum atomic E-state index is 14.0. The second-order valence-corrected chi connectivity index (χ2v) is 6.67. The van der Waals surface area contributed by atoms with E-state index in [9.17, 15) is 35.2 Å². The lowest BCUT2D eigenvalue weighted by molar-refractivity contribution is -0.138. The predicted octanol–water partition coefficient (Wildman–Crippen LogP) is 2.86. The fraction of sp³-hybridized carbons (Fsp3) is 0.143. The van der Waals surface area contributed by atoms with E-state index in [1.54, 1.807) is 0 Å². The van der Waals surface area contributed by atoms with E-state index in [4.69, 9.17) is 0 Å². The summed E-state index contributed by atoms with van der Waals surface area (Å²) in [7, 11) is -4.04. The van der Waals surface area contributed by atoms with Crippen LogP contribution in [0.4, 0.5) is 22.0 Å². The molecular weight excluding hydrogens is 387 g/mol. The topological polar surface area (TPSA) is 85.4 Å². The highest BCUT2D eigenvalue weighted by Gasteiger charge is 2.35. The normalized spacial score (nSPS) is 11.9. The van der Waals surface area contributed by atoms with Crippen molar-refractivity contribution in [3.8, 4) is 11.6 Å². The smallest absolute Gasteiger partial charge is 0.421 e. The molecule has 0 aliphatic rings. The number of nitrogens with zero attached hydrogens (tertiary/aromatic N) is 1. The fourth-order valence-electron chi connectivity index (χ4n) is 1.80. The van der Waals surface area contributed by atoms with Crippen molar-refractivity contribution in [3.63, 3.8) is 0 Å². The molecule has 0 aliphatic carbocycles. The summed E-state index contributed by atoms with van der Waals surface area (Å²) in [6.45, 7) is 0. The summed E-state index contributed by atoms with van der Waals surface area (Å²) in [5.41, 5.74) is -2.30. The minimum Gasteiger partial charge on any atom is -0.435 e. The van der Waals surface area contributed by atoms with E-state index >= 15 is 0 Å². The van der Waals surface area contributed by atoms with Crippen LogP contribution in [0, 0.1) is 11.6 Å². The lowest BCUT2D eigenvalue weighted by Crippen LogP contribution is -2.30. The fourth-order valence-corrected chi connectivity index (χ4v) is 2.24. The zero-order valence-electron chi connectivity index (χ0n) is 12.8. The van der Waals surface area contributed by atoms with Crippen LogP contribution in [0.15, 0.2) is 30.5 Å². The Morgan fingerprint density at radius 1 is 1.19 bits per heavy atom. The maximum absolute atomic E-state index is 14.0. The third-order valence-electron chi connectivity index (χ3n) is 2.83. The number of alkyl halides is 3. The number of halogens is 5. The first-order valence-electron chi connectivity index (χ1n) is 6.59. The number of rotatable bonds is 4. The Bertz CT molecular complexity index is 960. The maximum Gasteiger partial charge on any atom is 0.421 e. The van der Waals surface area contributed by atoms with E-state index in [-0.39, 0.29) is 0 Å². The molecule has 0 saturated heterocycles. The Hall–Kier alpha value is -2.76. The Morgan fingerprint density at radius 3 is 2.42 bits per heavy atom. The van der Waals surface area contributed by atoms with E-state index in [0.717, 1.165) is 12.3 Å². The molecule has 1 amide bonds. The van der Waals surface area contributed by atoms with E-state index in [1.165, 1.54) is 4.72 Å². The molecule has 0 aliphatic heterocycles. The number of carbonyl (C=O) groups is 1. The molecule has 26 heavy (non-hydrogen) atoms. The van der Waals surface area contributed by atoms with Crippen LogP contribution in [0.25, 0.3) is 0 Å². The number of aromatic nitrogens is 1. The van der Waals surface area contributed by atoms with Crippen molar-refractivity contribution in [3.05, 3.63) is 53.2 Å². The summed E-state index contributed by atoms with van der Waals surface area (Å²) in [5, 5.41) is 0. The van der Waals surface area contributed by atoms with Gasteiger partial charge in [-0.2, -0.15) is 13.2 Å². The quantitative estimate of drug-likeness (QED) is 0.804. The van der Waals surface area contributed by atoms with Gasteiger partial charge in [0.1, 0.15) is 11.4 Å². The van der Waals surface area contributed by atoms with Gasteiger partial charge in [-0.3, -0.25) is 4.79 Å². The van der Waals surface area contributed by atoms with Gasteiger partial charge >= 0.3 is 6.18 Å². The zero-order chi connectivity index (χ0) is 19.7. The van der Waals surface area contributed by atoms with E-state index in [1.807, 2.05) is 0 Å². The SMILES string of the molecule is CS(=O)(=O)NC(=O)c1cc(F)c(Oc2ncccc2C(F)(F)F)cc1F. The molecule has 0 saturated carbocycles. The molecule has 1 aromatic heterocycles. The van der Waals surface area contributed by atoms with Gasteiger partial charge in [-0.15, -0.1) is 0 Å². The number of pyridine rings is 1. The Kier molecular flexibility index (Phi) is 5.16. The third kappa shape index (κ3) is 4.65. The van der Waals surface area contributed by atoms with Gasteiger partial charge in [0.25, 0.3) is 5.91 Å². The monoisotopic (exact) mass is 396 g/mol. The first-order valence-corrected chi connectivity index (χ1v) is 8.49. The van der Waals surface area contributed by atoms with Crippen molar-refractivity contribution in [2.75, 3.05) is 6.26 Å². The molecule has 0 fully saturated rings. The van der Waals surface area contributed by atoms with Crippen LogP contribution in [0.2, 0.25) is 0 Å². The number of hydrogen-bond acceptors (Lipinski definition) is 5.